The molecule has 9 heteroatoms. The van der Waals surface area contributed by atoms with Crippen LogP contribution in [0, 0.1) is 5.92 Å². The predicted octanol–water partition coefficient (Wildman–Crippen LogP) is 3.92. The number of piperidine rings is 1. The molecule has 1 saturated heterocycles. The van der Waals surface area contributed by atoms with Crippen LogP contribution in [0.2, 0.25) is 10.0 Å². The van der Waals surface area contributed by atoms with Gasteiger partial charge in [-0.05, 0) is 67.7 Å². The number of halogens is 2. The highest BCUT2D eigenvalue weighted by Gasteiger charge is 2.21. The van der Waals surface area contributed by atoms with Gasteiger partial charge in [0.2, 0.25) is 16.4 Å². The third-order valence-corrected chi connectivity index (χ3v) is 7.19. The summed E-state index contributed by atoms with van der Waals surface area (Å²) in [6.45, 7) is 2.60. The largest absolute Gasteiger partial charge is 0.316 e. The molecular weight excluding hydrogens is 445 g/mol. The average Bonchev–Trinajstić information content (AvgIpc) is 2.73. The third-order valence-electron chi connectivity index (χ3n) is 5.20. The van der Waals surface area contributed by atoms with Crippen molar-refractivity contribution in [3.05, 3.63) is 58.1 Å². The Kier molecular flexibility index (Phi) is 7.63. The number of carbonyl (C=O) groups excluding carboxylic acids is 1. The van der Waals surface area contributed by atoms with Gasteiger partial charge in [-0.2, -0.15) is 0 Å². The maximum atomic E-state index is 12.4. The molecule has 0 saturated carbocycles. The van der Waals surface area contributed by atoms with Crippen LogP contribution in [-0.2, 0) is 21.4 Å². The first kappa shape index (κ1) is 22.9. The van der Waals surface area contributed by atoms with Crippen molar-refractivity contribution in [1.82, 2.24) is 5.32 Å². The lowest BCUT2D eigenvalue weighted by molar-refractivity contribution is -0.107. The number of rotatable bonds is 8. The van der Waals surface area contributed by atoms with E-state index >= 15 is 0 Å². The first-order valence-electron chi connectivity index (χ1n) is 9.73. The van der Waals surface area contributed by atoms with Crippen LogP contribution in [0.5, 0.6) is 0 Å². The summed E-state index contributed by atoms with van der Waals surface area (Å²) in [7, 11) is -3.57. The third kappa shape index (κ3) is 5.66. The van der Waals surface area contributed by atoms with Gasteiger partial charge >= 0.3 is 0 Å². The van der Waals surface area contributed by atoms with Gasteiger partial charge in [0.1, 0.15) is 0 Å². The Morgan fingerprint density at radius 1 is 1.13 bits per heavy atom. The van der Waals surface area contributed by atoms with Crippen LogP contribution < -0.4 is 14.5 Å². The first-order valence-corrected chi connectivity index (χ1v) is 12.3. The molecule has 1 amide bonds. The molecule has 1 aliphatic heterocycles. The minimum absolute atomic E-state index is 0.0582. The number of hydrogen-bond donors (Lipinski definition) is 1. The Labute approximate surface area is 187 Å². The van der Waals surface area contributed by atoms with Crippen molar-refractivity contribution in [3.8, 4) is 0 Å². The second-order valence-electron chi connectivity index (χ2n) is 7.47. The van der Waals surface area contributed by atoms with Crippen LogP contribution in [-0.4, -0.2) is 40.7 Å². The molecule has 2 aromatic rings. The van der Waals surface area contributed by atoms with Gasteiger partial charge in [0.25, 0.3) is 0 Å². The summed E-state index contributed by atoms with van der Waals surface area (Å²) in [4.78, 5) is 13.3. The van der Waals surface area contributed by atoms with Gasteiger partial charge in [0.05, 0.1) is 28.5 Å². The summed E-state index contributed by atoms with van der Waals surface area (Å²) in [6.07, 6.45) is 4.15. The molecule has 0 spiro atoms. The molecule has 162 valence electrons. The van der Waals surface area contributed by atoms with Crippen molar-refractivity contribution >= 4 is 51.0 Å². The van der Waals surface area contributed by atoms with Crippen LogP contribution in [0.25, 0.3) is 0 Å². The maximum absolute atomic E-state index is 12.4. The molecule has 1 N–H and O–H groups in total. The Bertz CT molecular complexity index is 977. The van der Waals surface area contributed by atoms with Gasteiger partial charge in [0.15, 0.2) is 0 Å². The molecule has 1 unspecified atom stereocenters. The topological polar surface area (TPSA) is 69.7 Å². The van der Waals surface area contributed by atoms with Crippen LogP contribution >= 0.6 is 23.2 Å². The summed E-state index contributed by atoms with van der Waals surface area (Å²) in [5.74, 6) is 0.404. The standard InChI is InChI=1S/C21H25Cl2N3O3S/c1-30(28,29)26(14-17-5-2-6-20(22)21(17)23)19-9-7-18(8-10-19)25(15-27)13-16-4-3-11-24-12-16/h2,5-10,15-16,24H,3-4,11-14H2,1H3. The van der Waals surface area contributed by atoms with E-state index in [-0.39, 0.29) is 6.54 Å². The Balaban J connectivity index is 1.81. The highest BCUT2D eigenvalue weighted by atomic mass is 35.5. The zero-order chi connectivity index (χ0) is 21.7. The molecule has 6 nitrogen and oxygen atoms in total. The number of amides is 1. The lowest BCUT2D eigenvalue weighted by Gasteiger charge is -2.28. The van der Waals surface area contributed by atoms with E-state index in [0.29, 0.717) is 33.8 Å². The van der Waals surface area contributed by atoms with Gasteiger partial charge in [0, 0.05) is 12.2 Å². The number of sulfonamides is 1. The molecule has 1 atom stereocenters. The van der Waals surface area contributed by atoms with Crippen molar-refractivity contribution in [2.24, 2.45) is 5.92 Å². The minimum Gasteiger partial charge on any atom is -0.316 e. The highest BCUT2D eigenvalue weighted by molar-refractivity contribution is 7.92. The van der Waals surface area contributed by atoms with Crippen molar-refractivity contribution < 1.29 is 13.2 Å². The molecule has 1 heterocycles. The quantitative estimate of drug-likeness (QED) is 0.594. The van der Waals surface area contributed by atoms with Crippen LogP contribution in [0.4, 0.5) is 11.4 Å². The minimum atomic E-state index is -3.57. The highest BCUT2D eigenvalue weighted by Crippen LogP contribution is 2.30. The Morgan fingerprint density at radius 3 is 2.43 bits per heavy atom. The van der Waals surface area contributed by atoms with E-state index in [1.165, 1.54) is 4.31 Å². The Hall–Kier alpha value is -1.80. The molecule has 30 heavy (non-hydrogen) atoms. The number of anilines is 2. The van der Waals surface area contributed by atoms with Crippen LogP contribution in [0.1, 0.15) is 18.4 Å². The molecule has 0 aliphatic carbocycles. The average molecular weight is 470 g/mol. The molecule has 1 aliphatic rings. The van der Waals surface area contributed by atoms with Gasteiger partial charge in [-0.3, -0.25) is 9.10 Å². The van der Waals surface area contributed by atoms with Gasteiger partial charge in [-0.15, -0.1) is 0 Å². The second kappa shape index (κ2) is 10.0. The molecule has 0 radical (unpaired) electrons. The lowest BCUT2D eigenvalue weighted by Crippen LogP contribution is -2.38. The summed E-state index contributed by atoms with van der Waals surface area (Å²) >= 11 is 12.3. The zero-order valence-electron chi connectivity index (χ0n) is 16.7. The van der Waals surface area contributed by atoms with Crippen molar-refractivity contribution in [3.63, 3.8) is 0 Å². The van der Waals surface area contributed by atoms with Gasteiger partial charge in [-0.25, -0.2) is 8.42 Å². The monoisotopic (exact) mass is 469 g/mol. The first-order chi connectivity index (χ1) is 14.3. The van der Waals surface area contributed by atoms with E-state index in [1.54, 1.807) is 47.4 Å². The zero-order valence-corrected chi connectivity index (χ0v) is 19.1. The smallest absolute Gasteiger partial charge is 0.232 e. The number of nitrogens with one attached hydrogen (secondary N) is 1. The molecule has 0 bridgehead atoms. The number of benzene rings is 2. The normalized spacial score (nSPS) is 16.8. The van der Waals surface area contributed by atoms with E-state index in [9.17, 15) is 13.2 Å². The van der Waals surface area contributed by atoms with Crippen molar-refractivity contribution in [2.75, 3.05) is 35.1 Å². The predicted molar refractivity (Wildman–Crippen MR) is 123 cm³/mol. The number of hydrogen-bond acceptors (Lipinski definition) is 4. The van der Waals surface area contributed by atoms with E-state index in [4.69, 9.17) is 23.2 Å². The number of carbonyl (C=O) groups is 1. The fourth-order valence-electron chi connectivity index (χ4n) is 3.60. The molecule has 2 aromatic carbocycles. The summed E-state index contributed by atoms with van der Waals surface area (Å²) in [6, 6.07) is 12.1. The maximum Gasteiger partial charge on any atom is 0.232 e. The van der Waals surface area contributed by atoms with Gasteiger partial charge in [-0.1, -0.05) is 35.3 Å². The molecular formula is C21H25Cl2N3O3S. The van der Waals surface area contributed by atoms with Crippen LogP contribution in [0.15, 0.2) is 42.5 Å². The lowest BCUT2D eigenvalue weighted by atomic mass is 9.99. The van der Waals surface area contributed by atoms with Crippen molar-refractivity contribution in [1.29, 1.82) is 0 Å². The molecule has 1 fully saturated rings. The van der Waals surface area contributed by atoms with E-state index in [2.05, 4.69) is 5.32 Å². The fraction of sp³-hybridized carbons (Fsp3) is 0.381. The second-order valence-corrected chi connectivity index (χ2v) is 10.2. The van der Waals surface area contributed by atoms with E-state index < -0.39 is 10.0 Å². The summed E-state index contributed by atoms with van der Waals surface area (Å²) in [5, 5.41) is 4.06. The summed E-state index contributed by atoms with van der Waals surface area (Å²) in [5.41, 5.74) is 1.83. The molecule has 0 aromatic heterocycles. The number of nitrogens with zero attached hydrogens (tertiary/aromatic N) is 2. The molecule has 3 rings (SSSR count). The van der Waals surface area contributed by atoms with E-state index in [0.717, 1.165) is 44.3 Å². The summed E-state index contributed by atoms with van der Waals surface area (Å²) < 4.78 is 26.2. The van der Waals surface area contributed by atoms with E-state index in [1.807, 2.05) is 0 Å². The van der Waals surface area contributed by atoms with Crippen LogP contribution in [0.3, 0.4) is 0 Å². The fourth-order valence-corrected chi connectivity index (χ4v) is 4.86. The van der Waals surface area contributed by atoms with Crippen molar-refractivity contribution in [2.45, 2.75) is 19.4 Å². The Morgan fingerprint density at radius 2 is 1.83 bits per heavy atom. The van der Waals surface area contributed by atoms with Gasteiger partial charge < -0.3 is 10.2 Å². The SMILES string of the molecule is CS(=O)(=O)N(Cc1cccc(Cl)c1Cl)c1ccc(N(C=O)CC2CCCNC2)cc1.